The SMILES string of the molecule is CCCCCC/C=C\C/C=C\CCCCCCCCCC(=O)OCCCCCC/C=C\CCCC(=O)NC(CO)C(O)CCCCCCCCCCCCCCCC. The van der Waals surface area contributed by atoms with E-state index in [4.69, 9.17) is 4.74 Å². The van der Waals surface area contributed by atoms with Crippen LogP contribution < -0.4 is 5.32 Å². The van der Waals surface area contributed by atoms with Crippen LogP contribution in [0.15, 0.2) is 36.5 Å². The standard InChI is InChI=1S/C52H97NO5/c1-3-5-7-9-11-13-15-17-19-20-21-22-24-26-30-34-38-42-46-52(57)58-47-43-39-35-31-27-29-33-37-41-45-51(56)53-49(48-54)50(55)44-40-36-32-28-25-23-18-16-14-12-10-8-6-4-2/h13,15,19-20,29,33,49-50,54-55H,3-12,14,16-18,21-28,30-32,34-48H2,1-2H3,(H,53,56)/b15-13-,20-19-,33-29-. The van der Waals surface area contributed by atoms with Gasteiger partial charge in [-0.25, -0.2) is 0 Å². The molecule has 3 N–H and O–H groups in total. The highest BCUT2D eigenvalue weighted by Crippen LogP contribution is 2.15. The van der Waals surface area contributed by atoms with Crippen LogP contribution in [0, 0.1) is 0 Å². The molecule has 58 heavy (non-hydrogen) atoms. The number of aliphatic hydroxyl groups excluding tert-OH is 2. The first-order chi connectivity index (χ1) is 28.5. The topological polar surface area (TPSA) is 95.9 Å². The predicted molar refractivity (Wildman–Crippen MR) is 250 cm³/mol. The van der Waals surface area contributed by atoms with E-state index in [1.54, 1.807) is 0 Å². The number of esters is 1. The van der Waals surface area contributed by atoms with Gasteiger partial charge in [-0.15, -0.1) is 0 Å². The van der Waals surface area contributed by atoms with Crippen LogP contribution >= 0.6 is 0 Å². The fourth-order valence-electron chi connectivity index (χ4n) is 7.49. The van der Waals surface area contributed by atoms with Crippen molar-refractivity contribution in [2.75, 3.05) is 13.2 Å². The second-order valence-electron chi connectivity index (χ2n) is 17.1. The van der Waals surface area contributed by atoms with Crippen LogP contribution in [0.5, 0.6) is 0 Å². The normalized spacial score (nSPS) is 13.0. The summed E-state index contributed by atoms with van der Waals surface area (Å²) >= 11 is 0. The Labute approximate surface area is 360 Å². The number of hydrogen-bond acceptors (Lipinski definition) is 5. The first-order valence-corrected chi connectivity index (χ1v) is 25.2. The average molecular weight is 816 g/mol. The fraction of sp³-hybridized carbons (Fsp3) is 0.846. The Bertz CT molecular complexity index is 946. The lowest BCUT2D eigenvalue weighted by molar-refractivity contribution is -0.143. The van der Waals surface area contributed by atoms with Gasteiger partial charge in [-0.1, -0.05) is 204 Å². The van der Waals surface area contributed by atoms with Crippen LogP contribution in [0.1, 0.15) is 258 Å². The Kier molecular flexibility index (Phi) is 46.2. The summed E-state index contributed by atoms with van der Waals surface area (Å²) in [4.78, 5) is 24.5. The predicted octanol–water partition coefficient (Wildman–Crippen LogP) is 14.9. The molecule has 340 valence electrons. The van der Waals surface area contributed by atoms with E-state index in [1.807, 2.05) is 0 Å². The van der Waals surface area contributed by atoms with E-state index in [0.29, 0.717) is 25.9 Å². The minimum Gasteiger partial charge on any atom is -0.466 e. The Morgan fingerprint density at radius 3 is 1.38 bits per heavy atom. The van der Waals surface area contributed by atoms with Crippen molar-refractivity contribution in [2.45, 2.75) is 270 Å². The molecule has 0 rings (SSSR count). The number of allylic oxidation sites excluding steroid dienone is 6. The van der Waals surface area contributed by atoms with Crippen molar-refractivity contribution in [3.05, 3.63) is 36.5 Å². The second kappa shape index (κ2) is 47.8. The maximum Gasteiger partial charge on any atom is 0.305 e. The van der Waals surface area contributed by atoms with Crippen molar-refractivity contribution in [2.24, 2.45) is 0 Å². The largest absolute Gasteiger partial charge is 0.466 e. The van der Waals surface area contributed by atoms with Gasteiger partial charge in [0.25, 0.3) is 0 Å². The molecule has 0 fully saturated rings. The Morgan fingerprint density at radius 1 is 0.483 bits per heavy atom. The summed E-state index contributed by atoms with van der Waals surface area (Å²) in [6, 6.07) is -0.579. The van der Waals surface area contributed by atoms with E-state index in [9.17, 15) is 19.8 Å². The molecule has 0 aromatic rings. The van der Waals surface area contributed by atoms with Crippen molar-refractivity contribution < 1.29 is 24.5 Å². The van der Waals surface area contributed by atoms with Gasteiger partial charge in [-0.05, 0) is 77.0 Å². The first kappa shape index (κ1) is 56.1. The highest BCUT2D eigenvalue weighted by Gasteiger charge is 2.20. The lowest BCUT2D eigenvalue weighted by atomic mass is 10.0. The molecule has 0 aromatic carbocycles. The molecule has 6 nitrogen and oxygen atoms in total. The van der Waals surface area contributed by atoms with Gasteiger partial charge in [0, 0.05) is 12.8 Å². The molecule has 0 aliphatic rings. The van der Waals surface area contributed by atoms with E-state index >= 15 is 0 Å². The summed E-state index contributed by atoms with van der Waals surface area (Å²) in [7, 11) is 0. The number of amides is 1. The summed E-state index contributed by atoms with van der Waals surface area (Å²) in [5.74, 6) is -0.140. The number of ether oxygens (including phenoxy) is 1. The van der Waals surface area contributed by atoms with Crippen molar-refractivity contribution >= 4 is 11.9 Å². The van der Waals surface area contributed by atoms with Gasteiger partial charge >= 0.3 is 5.97 Å². The average Bonchev–Trinajstić information content (AvgIpc) is 3.22. The molecule has 0 spiro atoms. The number of carbonyl (C=O) groups excluding carboxylic acids is 2. The smallest absolute Gasteiger partial charge is 0.305 e. The van der Waals surface area contributed by atoms with Crippen LogP contribution in [0.3, 0.4) is 0 Å². The quantitative estimate of drug-likeness (QED) is 0.0323. The minimum atomic E-state index is -0.695. The number of nitrogens with one attached hydrogen (secondary N) is 1. The third-order valence-corrected chi connectivity index (χ3v) is 11.4. The molecule has 0 saturated carbocycles. The van der Waals surface area contributed by atoms with Gasteiger partial charge in [0.2, 0.25) is 5.91 Å². The van der Waals surface area contributed by atoms with Crippen LogP contribution in [0.4, 0.5) is 0 Å². The summed E-state index contributed by atoms with van der Waals surface area (Å²) in [5.41, 5.74) is 0. The van der Waals surface area contributed by atoms with E-state index in [0.717, 1.165) is 77.0 Å². The molecule has 0 aromatic heterocycles. The van der Waals surface area contributed by atoms with Crippen molar-refractivity contribution in [1.29, 1.82) is 0 Å². The fourth-order valence-corrected chi connectivity index (χ4v) is 7.49. The monoisotopic (exact) mass is 816 g/mol. The van der Waals surface area contributed by atoms with E-state index in [1.165, 1.54) is 148 Å². The van der Waals surface area contributed by atoms with Gasteiger partial charge in [-0.2, -0.15) is 0 Å². The highest BCUT2D eigenvalue weighted by atomic mass is 16.5. The van der Waals surface area contributed by atoms with Crippen molar-refractivity contribution in [3.63, 3.8) is 0 Å². The molecule has 0 bridgehead atoms. The molecule has 6 heteroatoms. The Balaban J connectivity index is 3.54. The number of hydrogen-bond donors (Lipinski definition) is 3. The molecule has 0 saturated heterocycles. The molecule has 2 atom stereocenters. The Hall–Kier alpha value is -1.92. The summed E-state index contributed by atoms with van der Waals surface area (Å²) in [6.07, 6.45) is 56.9. The molecular weight excluding hydrogens is 719 g/mol. The molecular formula is C52H97NO5. The minimum absolute atomic E-state index is 0.0435. The molecule has 0 heterocycles. The zero-order chi connectivity index (χ0) is 42.3. The van der Waals surface area contributed by atoms with E-state index < -0.39 is 12.1 Å². The van der Waals surface area contributed by atoms with Crippen LogP contribution in [-0.2, 0) is 14.3 Å². The van der Waals surface area contributed by atoms with Gasteiger partial charge in [0.15, 0.2) is 0 Å². The van der Waals surface area contributed by atoms with Gasteiger partial charge in [0.1, 0.15) is 0 Å². The maximum atomic E-state index is 12.4. The van der Waals surface area contributed by atoms with Crippen LogP contribution in [-0.4, -0.2) is 47.4 Å². The van der Waals surface area contributed by atoms with Crippen molar-refractivity contribution in [3.8, 4) is 0 Å². The van der Waals surface area contributed by atoms with Crippen LogP contribution in [0.25, 0.3) is 0 Å². The number of aliphatic hydroxyl groups is 2. The zero-order valence-electron chi connectivity index (χ0n) is 38.5. The summed E-state index contributed by atoms with van der Waals surface area (Å²) in [6.45, 7) is 4.83. The second-order valence-corrected chi connectivity index (χ2v) is 17.1. The Morgan fingerprint density at radius 2 is 0.879 bits per heavy atom. The molecule has 0 aliphatic heterocycles. The number of carbonyl (C=O) groups is 2. The van der Waals surface area contributed by atoms with E-state index in [-0.39, 0.29) is 18.5 Å². The lowest BCUT2D eigenvalue weighted by Gasteiger charge is -2.22. The molecule has 1 amide bonds. The van der Waals surface area contributed by atoms with Gasteiger partial charge in [0.05, 0.1) is 25.4 Å². The summed E-state index contributed by atoms with van der Waals surface area (Å²) in [5, 5.41) is 23.1. The summed E-state index contributed by atoms with van der Waals surface area (Å²) < 4.78 is 5.44. The zero-order valence-corrected chi connectivity index (χ0v) is 38.5. The van der Waals surface area contributed by atoms with Gasteiger partial charge < -0.3 is 20.3 Å². The van der Waals surface area contributed by atoms with Crippen LogP contribution in [0.2, 0.25) is 0 Å². The third kappa shape index (κ3) is 43.7. The molecule has 0 radical (unpaired) electrons. The van der Waals surface area contributed by atoms with Crippen molar-refractivity contribution in [1.82, 2.24) is 5.32 Å². The third-order valence-electron chi connectivity index (χ3n) is 11.4. The lowest BCUT2D eigenvalue weighted by Crippen LogP contribution is -2.45. The maximum absolute atomic E-state index is 12.4. The first-order valence-electron chi connectivity index (χ1n) is 25.2. The van der Waals surface area contributed by atoms with Gasteiger partial charge in [-0.3, -0.25) is 9.59 Å². The van der Waals surface area contributed by atoms with E-state index in [2.05, 4.69) is 55.6 Å². The molecule has 2 unspecified atom stereocenters. The highest BCUT2D eigenvalue weighted by molar-refractivity contribution is 5.76. The number of unbranched alkanes of at least 4 members (excludes halogenated alkanes) is 29. The number of rotatable bonds is 46. The molecule has 0 aliphatic carbocycles.